The van der Waals surface area contributed by atoms with Crippen LogP contribution in [0, 0.1) is 5.92 Å². The Morgan fingerprint density at radius 1 is 1.31 bits per heavy atom. The van der Waals surface area contributed by atoms with Crippen LogP contribution in [0.3, 0.4) is 0 Å². The number of thiazole rings is 1. The lowest BCUT2D eigenvalue weighted by Gasteiger charge is -2.35. The van der Waals surface area contributed by atoms with Crippen molar-refractivity contribution >= 4 is 29.1 Å². The Labute approximate surface area is 213 Å². The number of hydrogen-bond donors (Lipinski definition) is 2. The highest BCUT2D eigenvalue weighted by Crippen LogP contribution is 2.18. The number of amides is 2. The van der Waals surface area contributed by atoms with Crippen molar-refractivity contribution in [2.45, 2.75) is 84.2 Å². The Balaban J connectivity index is 2.07. The van der Waals surface area contributed by atoms with Gasteiger partial charge in [0.2, 0.25) is 11.8 Å². The predicted molar refractivity (Wildman–Crippen MR) is 136 cm³/mol. The number of carbonyl (C=O) groups excluding carboxylic acids is 2. The Morgan fingerprint density at radius 2 is 2.09 bits per heavy atom. The van der Waals surface area contributed by atoms with E-state index in [0.717, 1.165) is 50.1 Å². The number of carboxylic acid groups (broad SMARTS) is 1. The second kappa shape index (κ2) is 15.2. The van der Waals surface area contributed by atoms with E-state index in [1.807, 2.05) is 20.9 Å². The highest BCUT2D eigenvalue weighted by Gasteiger charge is 2.34. The number of aryl methyl sites for hydroxylation is 1. The molecule has 0 bridgehead atoms. The smallest absolute Gasteiger partial charge is 0.355 e. The SMILES string of the molecule is CCCCOCN(CCCc1nc(C(=O)O)cs1)C(=O)C(NC(=O)C1CCCCN1C)C(C)CC. The number of nitrogens with zero attached hydrogens (tertiary/aromatic N) is 3. The zero-order valence-corrected chi connectivity index (χ0v) is 22.4. The molecule has 1 aliphatic rings. The normalized spacial score (nSPS) is 18.1. The third-order valence-corrected chi connectivity index (χ3v) is 7.55. The Kier molecular flexibility index (Phi) is 12.6. The summed E-state index contributed by atoms with van der Waals surface area (Å²) in [5.74, 6) is -1.27. The summed E-state index contributed by atoms with van der Waals surface area (Å²) in [6.45, 7) is 8.17. The molecule has 2 amide bonds. The van der Waals surface area contributed by atoms with Crippen molar-refractivity contribution in [1.82, 2.24) is 20.1 Å². The van der Waals surface area contributed by atoms with Gasteiger partial charge in [-0.3, -0.25) is 14.5 Å². The fourth-order valence-electron chi connectivity index (χ4n) is 4.14. The molecule has 1 saturated heterocycles. The molecule has 3 unspecified atom stereocenters. The number of unbranched alkanes of at least 4 members (excludes halogenated alkanes) is 1. The maximum Gasteiger partial charge on any atom is 0.355 e. The van der Waals surface area contributed by atoms with Gasteiger partial charge in [0.05, 0.1) is 11.0 Å². The molecule has 2 N–H and O–H groups in total. The molecule has 1 fully saturated rings. The number of aromatic nitrogens is 1. The van der Waals surface area contributed by atoms with Crippen LogP contribution in [-0.2, 0) is 20.7 Å². The number of carbonyl (C=O) groups is 3. The number of carboxylic acids is 1. The minimum atomic E-state index is -1.04. The minimum Gasteiger partial charge on any atom is -0.476 e. The van der Waals surface area contributed by atoms with Crippen LogP contribution >= 0.6 is 11.3 Å². The highest BCUT2D eigenvalue weighted by molar-refractivity contribution is 7.09. The third kappa shape index (κ3) is 9.16. The summed E-state index contributed by atoms with van der Waals surface area (Å²) in [5.41, 5.74) is 0.0491. The van der Waals surface area contributed by atoms with E-state index in [2.05, 4.69) is 22.1 Å². The predicted octanol–water partition coefficient (Wildman–Crippen LogP) is 3.39. The quantitative estimate of drug-likeness (QED) is 0.275. The molecule has 0 aromatic carbocycles. The Hall–Kier alpha value is -2.04. The van der Waals surface area contributed by atoms with Gasteiger partial charge in [0.15, 0.2) is 5.69 Å². The van der Waals surface area contributed by atoms with Gasteiger partial charge in [-0.15, -0.1) is 11.3 Å². The summed E-state index contributed by atoms with van der Waals surface area (Å²) in [7, 11) is 1.96. The number of hydrogen-bond acceptors (Lipinski definition) is 7. The van der Waals surface area contributed by atoms with Crippen LogP contribution in [0.15, 0.2) is 5.38 Å². The van der Waals surface area contributed by atoms with E-state index in [9.17, 15) is 14.4 Å². The monoisotopic (exact) mass is 510 g/mol. The summed E-state index contributed by atoms with van der Waals surface area (Å²) >= 11 is 1.31. The molecule has 2 rings (SSSR count). The molecule has 1 aromatic heterocycles. The second-order valence-corrected chi connectivity index (χ2v) is 10.3. The summed E-state index contributed by atoms with van der Waals surface area (Å²) in [6.07, 6.45) is 6.79. The van der Waals surface area contributed by atoms with Crippen LogP contribution in [0.2, 0.25) is 0 Å². The van der Waals surface area contributed by atoms with Crippen LogP contribution in [0.25, 0.3) is 0 Å². The Bertz CT molecular complexity index is 818. The van der Waals surface area contributed by atoms with Crippen molar-refractivity contribution in [2.24, 2.45) is 5.92 Å². The number of likely N-dealkylation sites (N-methyl/N-ethyl adjacent to an activating group) is 1. The molecule has 0 radical (unpaired) electrons. The van der Waals surface area contributed by atoms with Gasteiger partial charge in [0.1, 0.15) is 12.8 Å². The molecule has 9 nitrogen and oxygen atoms in total. The lowest BCUT2D eigenvalue weighted by atomic mass is 9.96. The van der Waals surface area contributed by atoms with Crippen molar-refractivity contribution in [2.75, 3.05) is 33.5 Å². The van der Waals surface area contributed by atoms with E-state index in [-0.39, 0.29) is 36.2 Å². The first kappa shape index (κ1) is 29.2. The Morgan fingerprint density at radius 3 is 2.71 bits per heavy atom. The molecule has 3 atom stereocenters. The van der Waals surface area contributed by atoms with Gasteiger partial charge in [0.25, 0.3) is 0 Å². The summed E-state index contributed by atoms with van der Waals surface area (Å²) in [6, 6.07) is -0.818. The van der Waals surface area contributed by atoms with E-state index in [4.69, 9.17) is 9.84 Å². The van der Waals surface area contributed by atoms with Gasteiger partial charge in [-0.1, -0.05) is 40.0 Å². The van der Waals surface area contributed by atoms with Crippen LogP contribution < -0.4 is 5.32 Å². The molecule has 0 saturated carbocycles. The first-order valence-electron chi connectivity index (χ1n) is 12.8. The molecule has 10 heteroatoms. The summed E-state index contributed by atoms with van der Waals surface area (Å²) < 4.78 is 5.79. The van der Waals surface area contributed by atoms with Crippen molar-refractivity contribution < 1.29 is 24.2 Å². The molecular formula is C25H42N4O5S. The highest BCUT2D eigenvalue weighted by atomic mass is 32.1. The van der Waals surface area contributed by atoms with Crippen LogP contribution in [0.5, 0.6) is 0 Å². The standard InChI is InChI=1S/C25H42N4O5S/c1-5-7-15-34-17-29(14-10-12-21-26-19(16-35-21)25(32)33)24(31)22(18(3)6-2)27-23(30)20-11-8-9-13-28(20)4/h16,18,20,22H,5-15,17H2,1-4H3,(H,27,30)(H,32,33). The molecule has 198 valence electrons. The largest absolute Gasteiger partial charge is 0.476 e. The maximum atomic E-state index is 13.7. The van der Waals surface area contributed by atoms with Gasteiger partial charge < -0.3 is 20.1 Å². The van der Waals surface area contributed by atoms with Crippen LogP contribution in [0.4, 0.5) is 0 Å². The van der Waals surface area contributed by atoms with E-state index < -0.39 is 12.0 Å². The van der Waals surface area contributed by atoms with E-state index in [0.29, 0.717) is 26.0 Å². The number of ether oxygens (including phenoxy) is 1. The summed E-state index contributed by atoms with van der Waals surface area (Å²) in [5, 5.41) is 14.4. The van der Waals surface area contributed by atoms with Gasteiger partial charge in [-0.05, 0) is 45.2 Å². The van der Waals surface area contributed by atoms with Crippen molar-refractivity contribution in [1.29, 1.82) is 0 Å². The van der Waals surface area contributed by atoms with Gasteiger partial charge in [-0.2, -0.15) is 0 Å². The number of aromatic carboxylic acids is 1. The second-order valence-electron chi connectivity index (χ2n) is 9.39. The molecule has 1 aromatic rings. The third-order valence-electron chi connectivity index (χ3n) is 6.64. The average Bonchev–Trinajstić information content (AvgIpc) is 3.32. The van der Waals surface area contributed by atoms with Crippen LogP contribution in [-0.4, -0.2) is 83.2 Å². The molecular weight excluding hydrogens is 468 g/mol. The van der Waals surface area contributed by atoms with Crippen molar-refractivity contribution in [3.8, 4) is 0 Å². The van der Waals surface area contributed by atoms with Crippen LogP contribution in [0.1, 0.15) is 81.2 Å². The molecule has 2 heterocycles. The first-order chi connectivity index (χ1) is 16.8. The average molecular weight is 511 g/mol. The van der Waals surface area contributed by atoms with Crippen molar-refractivity contribution in [3.63, 3.8) is 0 Å². The summed E-state index contributed by atoms with van der Waals surface area (Å²) in [4.78, 5) is 45.8. The fourth-order valence-corrected chi connectivity index (χ4v) is 4.95. The van der Waals surface area contributed by atoms with E-state index in [1.165, 1.54) is 16.7 Å². The number of rotatable bonds is 15. The van der Waals surface area contributed by atoms with Gasteiger partial charge >= 0.3 is 5.97 Å². The number of piperidine rings is 1. The number of nitrogens with one attached hydrogen (secondary N) is 1. The molecule has 0 spiro atoms. The van der Waals surface area contributed by atoms with Crippen molar-refractivity contribution in [3.05, 3.63) is 16.1 Å². The minimum absolute atomic E-state index is 0.0180. The zero-order valence-electron chi connectivity index (χ0n) is 21.6. The topological polar surface area (TPSA) is 112 Å². The maximum absolute atomic E-state index is 13.7. The zero-order chi connectivity index (χ0) is 25.8. The lowest BCUT2D eigenvalue weighted by molar-refractivity contribution is -0.144. The van der Waals surface area contributed by atoms with Gasteiger partial charge in [0, 0.05) is 25.0 Å². The van der Waals surface area contributed by atoms with E-state index >= 15 is 0 Å². The molecule has 0 aliphatic carbocycles. The fraction of sp³-hybridized carbons (Fsp3) is 0.760. The lowest BCUT2D eigenvalue weighted by Crippen LogP contribution is -2.57. The molecule has 1 aliphatic heterocycles. The van der Waals surface area contributed by atoms with Gasteiger partial charge in [-0.25, -0.2) is 9.78 Å². The first-order valence-corrected chi connectivity index (χ1v) is 13.7. The van der Waals surface area contributed by atoms with E-state index in [1.54, 1.807) is 4.90 Å². The molecule has 35 heavy (non-hydrogen) atoms. The number of likely N-dealkylation sites (tertiary alicyclic amines) is 1.